The van der Waals surface area contributed by atoms with Gasteiger partial charge < -0.3 is 20.5 Å². The molecule has 1 aromatic carbocycles. The SMILES string of the molecule is CCC(N)(CC)CNC(=O)C1=Cc2cc(OC)ccc2OC1.Cl. The van der Waals surface area contributed by atoms with Gasteiger partial charge in [-0.1, -0.05) is 13.8 Å². The molecular formula is C17H25ClN2O3. The summed E-state index contributed by atoms with van der Waals surface area (Å²) in [6.45, 7) is 4.78. The van der Waals surface area contributed by atoms with Gasteiger partial charge in [0.15, 0.2) is 0 Å². The molecule has 0 aliphatic carbocycles. The zero-order valence-corrected chi connectivity index (χ0v) is 14.7. The van der Waals surface area contributed by atoms with Crippen LogP contribution in [-0.2, 0) is 4.79 Å². The van der Waals surface area contributed by atoms with Crippen molar-refractivity contribution >= 4 is 24.4 Å². The minimum atomic E-state index is -0.354. The van der Waals surface area contributed by atoms with Crippen LogP contribution in [0.4, 0.5) is 0 Å². The second kappa shape index (κ2) is 8.22. The predicted octanol–water partition coefficient (Wildman–Crippen LogP) is 2.53. The number of hydrogen-bond donors (Lipinski definition) is 2. The van der Waals surface area contributed by atoms with Crippen molar-refractivity contribution in [2.24, 2.45) is 5.73 Å². The van der Waals surface area contributed by atoms with Crippen molar-refractivity contribution in [3.8, 4) is 11.5 Å². The highest BCUT2D eigenvalue weighted by atomic mass is 35.5. The van der Waals surface area contributed by atoms with Crippen LogP contribution < -0.4 is 20.5 Å². The topological polar surface area (TPSA) is 73.6 Å². The molecule has 3 N–H and O–H groups in total. The van der Waals surface area contributed by atoms with Crippen molar-refractivity contribution in [1.82, 2.24) is 5.32 Å². The highest BCUT2D eigenvalue weighted by molar-refractivity contribution is 5.99. The van der Waals surface area contributed by atoms with Crippen LogP contribution in [0.25, 0.3) is 6.08 Å². The first kappa shape index (κ1) is 19.3. The highest BCUT2D eigenvalue weighted by Gasteiger charge is 2.23. The number of halogens is 1. The molecule has 0 unspecified atom stereocenters. The van der Waals surface area contributed by atoms with Gasteiger partial charge in [0.25, 0.3) is 5.91 Å². The molecule has 0 aromatic heterocycles. The van der Waals surface area contributed by atoms with E-state index >= 15 is 0 Å². The fourth-order valence-corrected chi connectivity index (χ4v) is 2.28. The Kier molecular flexibility index (Phi) is 6.91. The number of carbonyl (C=O) groups is 1. The molecule has 1 aliphatic heterocycles. The van der Waals surface area contributed by atoms with Gasteiger partial charge in [-0.3, -0.25) is 4.79 Å². The number of rotatable bonds is 6. The first-order valence-electron chi connectivity index (χ1n) is 7.60. The summed E-state index contributed by atoms with van der Waals surface area (Å²) in [6, 6.07) is 5.54. The standard InChI is InChI=1S/C17H24N2O3.ClH/c1-4-17(18,5-2)11-19-16(20)13-8-12-9-14(21-3)6-7-15(12)22-10-13;/h6-9H,4-5,10-11,18H2,1-3H3,(H,19,20);1H. The summed E-state index contributed by atoms with van der Waals surface area (Å²) in [7, 11) is 1.61. The Morgan fingerprint density at radius 2 is 2.09 bits per heavy atom. The number of nitrogens with one attached hydrogen (secondary N) is 1. The number of amides is 1. The van der Waals surface area contributed by atoms with Gasteiger partial charge in [-0.25, -0.2) is 0 Å². The monoisotopic (exact) mass is 340 g/mol. The lowest BCUT2D eigenvalue weighted by molar-refractivity contribution is -0.118. The average Bonchev–Trinajstić information content (AvgIpc) is 2.58. The van der Waals surface area contributed by atoms with E-state index in [2.05, 4.69) is 5.32 Å². The van der Waals surface area contributed by atoms with Crippen molar-refractivity contribution in [3.63, 3.8) is 0 Å². The lowest BCUT2D eigenvalue weighted by Crippen LogP contribution is -2.49. The molecule has 1 amide bonds. The summed E-state index contributed by atoms with van der Waals surface area (Å²) < 4.78 is 10.8. The number of carbonyl (C=O) groups excluding carboxylic acids is 1. The van der Waals surface area contributed by atoms with Crippen LogP contribution in [-0.4, -0.2) is 31.7 Å². The second-order valence-corrected chi connectivity index (χ2v) is 5.61. The fraction of sp³-hybridized carbons (Fsp3) is 0.471. The normalized spacial score (nSPS) is 13.1. The van der Waals surface area contributed by atoms with E-state index in [0.717, 1.165) is 29.9 Å². The van der Waals surface area contributed by atoms with E-state index in [0.29, 0.717) is 12.1 Å². The van der Waals surface area contributed by atoms with Gasteiger partial charge in [-0.2, -0.15) is 0 Å². The Balaban J connectivity index is 0.00000264. The predicted molar refractivity (Wildman–Crippen MR) is 94.2 cm³/mol. The Hall–Kier alpha value is -1.72. The minimum Gasteiger partial charge on any atom is -0.497 e. The van der Waals surface area contributed by atoms with Crippen LogP contribution in [0.5, 0.6) is 11.5 Å². The third-order valence-electron chi connectivity index (χ3n) is 4.23. The van der Waals surface area contributed by atoms with Crippen LogP contribution >= 0.6 is 12.4 Å². The van der Waals surface area contributed by atoms with Gasteiger partial charge in [0.2, 0.25) is 0 Å². The summed E-state index contributed by atoms with van der Waals surface area (Å²) in [5.74, 6) is 1.36. The van der Waals surface area contributed by atoms with Crippen molar-refractivity contribution in [2.75, 3.05) is 20.3 Å². The van der Waals surface area contributed by atoms with E-state index in [9.17, 15) is 4.79 Å². The molecule has 23 heavy (non-hydrogen) atoms. The van der Waals surface area contributed by atoms with Crippen LogP contribution in [0.1, 0.15) is 32.3 Å². The summed E-state index contributed by atoms with van der Waals surface area (Å²) in [4.78, 5) is 12.3. The van der Waals surface area contributed by atoms with E-state index in [1.165, 1.54) is 0 Å². The Morgan fingerprint density at radius 3 is 2.70 bits per heavy atom. The Morgan fingerprint density at radius 1 is 1.39 bits per heavy atom. The molecule has 0 atom stereocenters. The van der Waals surface area contributed by atoms with E-state index in [4.69, 9.17) is 15.2 Å². The van der Waals surface area contributed by atoms with Crippen LogP contribution in [0, 0.1) is 0 Å². The van der Waals surface area contributed by atoms with Gasteiger partial charge in [-0.15, -0.1) is 12.4 Å². The number of nitrogens with two attached hydrogens (primary N) is 1. The molecule has 0 bridgehead atoms. The van der Waals surface area contributed by atoms with Crippen LogP contribution in [0.3, 0.4) is 0 Å². The molecule has 1 aliphatic rings. The zero-order chi connectivity index (χ0) is 16.2. The lowest BCUT2D eigenvalue weighted by atomic mass is 9.94. The van der Waals surface area contributed by atoms with Gasteiger partial charge in [0.1, 0.15) is 18.1 Å². The van der Waals surface area contributed by atoms with E-state index < -0.39 is 0 Å². The van der Waals surface area contributed by atoms with E-state index in [1.807, 2.05) is 38.1 Å². The van der Waals surface area contributed by atoms with Crippen molar-refractivity contribution < 1.29 is 14.3 Å². The quantitative estimate of drug-likeness (QED) is 0.834. The van der Waals surface area contributed by atoms with Gasteiger partial charge in [0.05, 0.1) is 12.7 Å². The third-order valence-corrected chi connectivity index (χ3v) is 4.23. The summed E-state index contributed by atoms with van der Waals surface area (Å²) >= 11 is 0. The second-order valence-electron chi connectivity index (χ2n) is 5.61. The average molecular weight is 341 g/mol. The molecule has 6 heteroatoms. The molecular weight excluding hydrogens is 316 g/mol. The molecule has 2 rings (SSSR count). The molecule has 0 radical (unpaired) electrons. The number of fused-ring (bicyclic) bond motifs is 1. The molecule has 0 fully saturated rings. The first-order valence-corrected chi connectivity index (χ1v) is 7.60. The summed E-state index contributed by atoms with van der Waals surface area (Å²) in [5.41, 5.74) is 7.29. The molecule has 128 valence electrons. The van der Waals surface area contributed by atoms with Crippen molar-refractivity contribution in [1.29, 1.82) is 0 Å². The van der Waals surface area contributed by atoms with Crippen LogP contribution in [0.15, 0.2) is 23.8 Å². The maximum atomic E-state index is 12.3. The zero-order valence-electron chi connectivity index (χ0n) is 13.8. The molecule has 5 nitrogen and oxygen atoms in total. The molecule has 1 aromatic rings. The third kappa shape index (κ3) is 4.62. The summed E-state index contributed by atoms with van der Waals surface area (Å²) in [6.07, 6.45) is 3.48. The van der Waals surface area contributed by atoms with E-state index in [-0.39, 0.29) is 30.5 Å². The maximum absolute atomic E-state index is 12.3. The fourth-order valence-electron chi connectivity index (χ4n) is 2.28. The van der Waals surface area contributed by atoms with E-state index in [1.54, 1.807) is 7.11 Å². The number of hydrogen-bond acceptors (Lipinski definition) is 4. The number of methoxy groups -OCH3 is 1. The molecule has 0 spiro atoms. The van der Waals surface area contributed by atoms with Crippen molar-refractivity contribution in [2.45, 2.75) is 32.2 Å². The smallest absolute Gasteiger partial charge is 0.250 e. The number of benzene rings is 1. The van der Waals surface area contributed by atoms with Crippen LogP contribution in [0.2, 0.25) is 0 Å². The molecule has 0 saturated carbocycles. The van der Waals surface area contributed by atoms with Gasteiger partial charge in [-0.05, 0) is 37.1 Å². The highest BCUT2D eigenvalue weighted by Crippen LogP contribution is 2.29. The Bertz CT molecular complexity index is 583. The first-order chi connectivity index (χ1) is 10.5. The molecule has 1 heterocycles. The van der Waals surface area contributed by atoms with Gasteiger partial charge in [0, 0.05) is 17.6 Å². The van der Waals surface area contributed by atoms with Gasteiger partial charge >= 0.3 is 0 Å². The Labute approximate surface area is 143 Å². The maximum Gasteiger partial charge on any atom is 0.250 e. The lowest BCUT2D eigenvalue weighted by Gasteiger charge is -2.27. The molecule has 0 saturated heterocycles. The largest absolute Gasteiger partial charge is 0.497 e. The summed E-state index contributed by atoms with van der Waals surface area (Å²) in [5, 5.41) is 2.91. The number of ether oxygens (including phenoxy) is 2. The minimum absolute atomic E-state index is 0. The van der Waals surface area contributed by atoms with Crippen molar-refractivity contribution in [3.05, 3.63) is 29.3 Å².